The van der Waals surface area contributed by atoms with E-state index in [-0.39, 0.29) is 23.3 Å². The zero-order valence-electron chi connectivity index (χ0n) is 6.42. The predicted molar refractivity (Wildman–Crippen MR) is 39.1 cm³/mol. The van der Waals surface area contributed by atoms with Crippen molar-refractivity contribution in [2.75, 3.05) is 0 Å². The topological polar surface area (TPSA) is 69.1 Å². The average molecular weight is 142 g/mol. The number of hydrogen-bond acceptors (Lipinski definition) is 2. The van der Waals surface area contributed by atoms with Gasteiger partial charge in [0.1, 0.15) is 0 Å². The molecule has 58 valence electrons. The van der Waals surface area contributed by atoms with E-state index < -0.39 is 0 Å². The van der Waals surface area contributed by atoms with Crippen LogP contribution in [0.3, 0.4) is 0 Å². The molecule has 3 nitrogen and oxygen atoms in total. The Morgan fingerprint density at radius 2 is 2.10 bits per heavy atom. The SMILES string of the molecule is CC1(C)CC(C(N)=O)C1N. The monoisotopic (exact) mass is 142 g/mol. The smallest absolute Gasteiger partial charge is 0.222 e. The lowest BCUT2D eigenvalue weighted by Crippen LogP contribution is -2.59. The van der Waals surface area contributed by atoms with Gasteiger partial charge in [0.25, 0.3) is 0 Å². The van der Waals surface area contributed by atoms with Gasteiger partial charge in [0.15, 0.2) is 0 Å². The number of nitrogens with two attached hydrogens (primary N) is 2. The van der Waals surface area contributed by atoms with E-state index in [4.69, 9.17) is 11.5 Å². The lowest BCUT2D eigenvalue weighted by atomic mass is 9.60. The molecule has 0 heterocycles. The quantitative estimate of drug-likeness (QED) is 0.534. The molecule has 1 saturated carbocycles. The molecule has 1 amide bonds. The number of carbonyl (C=O) groups excluding carboxylic acids is 1. The summed E-state index contributed by atoms with van der Waals surface area (Å²) >= 11 is 0. The minimum absolute atomic E-state index is 0.0370. The molecule has 3 heteroatoms. The maximum Gasteiger partial charge on any atom is 0.222 e. The Balaban J connectivity index is 2.55. The van der Waals surface area contributed by atoms with Crippen molar-refractivity contribution in [1.82, 2.24) is 0 Å². The van der Waals surface area contributed by atoms with Gasteiger partial charge in [0, 0.05) is 6.04 Å². The third-order valence-electron chi connectivity index (χ3n) is 2.45. The molecular weight excluding hydrogens is 128 g/mol. The van der Waals surface area contributed by atoms with Crippen LogP contribution in [0, 0.1) is 11.3 Å². The van der Waals surface area contributed by atoms with Crippen LogP contribution in [-0.4, -0.2) is 11.9 Å². The highest BCUT2D eigenvalue weighted by Crippen LogP contribution is 2.43. The highest BCUT2D eigenvalue weighted by Gasteiger charge is 2.47. The number of rotatable bonds is 1. The molecule has 2 unspecified atom stereocenters. The Morgan fingerprint density at radius 3 is 2.20 bits per heavy atom. The van der Waals surface area contributed by atoms with Crippen LogP contribution < -0.4 is 11.5 Å². The predicted octanol–water partition coefficient (Wildman–Crippen LogP) is -0.155. The lowest BCUT2D eigenvalue weighted by Gasteiger charge is -2.47. The summed E-state index contributed by atoms with van der Waals surface area (Å²) in [6.07, 6.45) is 0.837. The molecular formula is C7H14N2O. The fourth-order valence-electron chi connectivity index (χ4n) is 1.49. The molecule has 0 radical (unpaired) electrons. The molecule has 0 bridgehead atoms. The number of primary amides is 1. The fraction of sp³-hybridized carbons (Fsp3) is 0.857. The van der Waals surface area contributed by atoms with Crippen molar-refractivity contribution in [3.05, 3.63) is 0 Å². The van der Waals surface area contributed by atoms with Gasteiger partial charge in [-0.25, -0.2) is 0 Å². The van der Waals surface area contributed by atoms with Crippen LogP contribution in [0.15, 0.2) is 0 Å². The Morgan fingerprint density at radius 1 is 1.60 bits per heavy atom. The lowest BCUT2D eigenvalue weighted by molar-refractivity contribution is -0.129. The van der Waals surface area contributed by atoms with E-state index in [0.29, 0.717) is 0 Å². The molecule has 2 atom stereocenters. The fourth-order valence-corrected chi connectivity index (χ4v) is 1.49. The van der Waals surface area contributed by atoms with Gasteiger partial charge in [0.05, 0.1) is 5.92 Å². The van der Waals surface area contributed by atoms with E-state index in [1.807, 2.05) is 0 Å². The normalized spacial score (nSPS) is 36.7. The summed E-state index contributed by atoms with van der Waals surface area (Å²) in [6, 6.07) is -0.0370. The second-order valence-electron chi connectivity index (χ2n) is 3.73. The zero-order chi connectivity index (χ0) is 7.94. The van der Waals surface area contributed by atoms with Gasteiger partial charge in [-0.15, -0.1) is 0 Å². The molecule has 1 aliphatic rings. The number of amides is 1. The van der Waals surface area contributed by atoms with Crippen molar-refractivity contribution in [1.29, 1.82) is 0 Å². The third kappa shape index (κ3) is 0.904. The second-order valence-corrected chi connectivity index (χ2v) is 3.73. The molecule has 0 aromatic carbocycles. The van der Waals surface area contributed by atoms with Crippen LogP contribution in [0.5, 0.6) is 0 Å². The molecule has 0 saturated heterocycles. The summed E-state index contributed by atoms with van der Waals surface area (Å²) in [7, 11) is 0. The molecule has 0 aromatic heterocycles. The van der Waals surface area contributed by atoms with E-state index in [1.165, 1.54) is 0 Å². The molecule has 1 rings (SSSR count). The van der Waals surface area contributed by atoms with Gasteiger partial charge in [-0.1, -0.05) is 13.8 Å². The van der Waals surface area contributed by atoms with Crippen molar-refractivity contribution >= 4 is 5.91 Å². The molecule has 4 N–H and O–H groups in total. The van der Waals surface area contributed by atoms with Gasteiger partial charge >= 0.3 is 0 Å². The van der Waals surface area contributed by atoms with Crippen LogP contribution in [-0.2, 0) is 4.79 Å². The van der Waals surface area contributed by atoms with Crippen LogP contribution >= 0.6 is 0 Å². The third-order valence-corrected chi connectivity index (χ3v) is 2.45. The molecule has 10 heavy (non-hydrogen) atoms. The van der Waals surface area contributed by atoms with Crippen LogP contribution in [0.1, 0.15) is 20.3 Å². The molecule has 1 fully saturated rings. The first-order valence-electron chi connectivity index (χ1n) is 3.50. The van der Waals surface area contributed by atoms with E-state index in [2.05, 4.69) is 13.8 Å². The van der Waals surface area contributed by atoms with Gasteiger partial charge in [-0.3, -0.25) is 4.79 Å². The van der Waals surface area contributed by atoms with Crippen LogP contribution in [0.25, 0.3) is 0 Å². The van der Waals surface area contributed by atoms with Crippen molar-refractivity contribution in [3.8, 4) is 0 Å². The van der Waals surface area contributed by atoms with Gasteiger partial charge in [-0.2, -0.15) is 0 Å². The summed E-state index contributed by atoms with van der Waals surface area (Å²) in [4.78, 5) is 10.6. The Hall–Kier alpha value is -0.570. The first kappa shape index (κ1) is 7.54. The van der Waals surface area contributed by atoms with Crippen molar-refractivity contribution in [3.63, 3.8) is 0 Å². The van der Waals surface area contributed by atoms with Gasteiger partial charge in [-0.05, 0) is 11.8 Å². The molecule has 0 aromatic rings. The summed E-state index contributed by atoms with van der Waals surface area (Å²) in [5.41, 5.74) is 10.9. The molecule has 1 aliphatic carbocycles. The molecule has 0 aliphatic heterocycles. The van der Waals surface area contributed by atoms with Gasteiger partial charge < -0.3 is 11.5 Å². The van der Waals surface area contributed by atoms with Crippen molar-refractivity contribution in [2.24, 2.45) is 22.8 Å². The highest BCUT2D eigenvalue weighted by atomic mass is 16.1. The number of carbonyl (C=O) groups is 1. The van der Waals surface area contributed by atoms with E-state index in [9.17, 15) is 4.79 Å². The summed E-state index contributed by atoms with van der Waals surface area (Å²) in [5, 5.41) is 0. The Labute approximate surface area is 60.8 Å². The highest BCUT2D eigenvalue weighted by molar-refractivity contribution is 5.78. The van der Waals surface area contributed by atoms with Crippen molar-refractivity contribution in [2.45, 2.75) is 26.3 Å². The maximum atomic E-state index is 10.6. The zero-order valence-corrected chi connectivity index (χ0v) is 6.42. The average Bonchev–Trinajstić information content (AvgIpc) is 1.82. The largest absolute Gasteiger partial charge is 0.369 e. The summed E-state index contributed by atoms with van der Waals surface area (Å²) < 4.78 is 0. The Bertz CT molecular complexity index is 165. The first-order chi connectivity index (χ1) is 4.45. The molecule has 0 spiro atoms. The maximum absolute atomic E-state index is 10.6. The Kier molecular flexibility index (Phi) is 1.47. The van der Waals surface area contributed by atoms with Crippen LogP contribution in [0.4, 0.5) is 0 Å². The minimum atomic E-state index is -0.258. The standard InChI is InChI=1S/C7H14N2O/c1-7(2)3-4(5(7)8)6(9)10/h4-5H,3,8H2,1-2H3,(H2,9,10). The number of hydrogen-bond donors (Lipinski definition) is 2. The minimum Gasteiger partial charge on any atom is -0.369 e. The summed E-state index contributed by atoms with van der Waals surface area (Å²) in [6.45, 7) is 4.11. The van der Waals surface area contributed by atoms with E-state index in [0.717, 1.165) is 6.42 Å². The van der Waals surface area contributed by atoms with Gasteiger partial charge in [0.2, 0.25) is 5.91 Å². The van der Waals surface area contributed by atoms with E-state index in [1.54, 1.807) is 0 Å². The van der Waals surface area contributed by atoms with Crippen molar-refractivity contribution < 1.29 is 4.79 Å². The van der Waals surface area contributed by atoms with E-state index >= 15 is 0 Å². The summed E-state index contributed by atoms with van der Waals surface area (Å²) in [5.74, 6) is -0.346. The first-order valence-corrected chi connectivity index (χ1v) is 3.50. The van der Waals surface area contributed by atoms with Crippen LogP contribution in [0.2, 0.25) is 0 Å². The second kappa shape index (κ2) is 1.95.